The third-order valence-electron chi connectivity index (χ3n) is 6.97. The largest absolute Gasteiger partial charge is 0.427 e. The summed E-state index contributed by atoms with van der Waals surface area (Å²) < 4.78 is 5.06. The van der Waals surface area contributed by atoms with Crippen LogP contribution < -0.4 is 9.64 Å². The number of amides is 2. The molecule has 0 radical (unpaired) electrons. The van der Waals surface area contributed by atoms with Gasteiger partial charge in [0.05, 0.1) is 23.6 Å². The fraction of sp³-hybridized carbons (Fsp3) is 0.179. The van der Waals surface area contributed by atoms with E-state index in [1.165, 1.54) is 24.0 Å². The second-order valence-corrected chi connectivity index (χ2v) is 9.01. The number of imide groups is 1. The predicted octanol–water partition coefficient (Wildman–Crippen LogP) is 3.36. The van der Waals surface area contributed by atoms with Gasteiger partial charge in [-0.2, -0.15) is 5.10 Å². The molecule has 3 aliphatic heterocycles. The van der Waals surface area contributed by atoms with Crippen molar-refractivity contribution >= 4 is 46.2 Å². The van der Waals surface area contributed by atoms with Crippen LogP contribution in [0.4, 0.5) is 5.69 Å². The molecule has 3 aromatic rings. The van der Waals surface area contributed by atoms with Crippen LogP contribution in [0.1, 0.15) is 17.3 Å². The number of hydrogen-bond donors (Lipinski definition) is 0. The molecule has 8 nitrogen and oxygen atoms in total. The van der Waals surface area contributed by atoms with Gasteiger partial charge in [-0.25, -0.2) is 4.90 Å². The summed E-state index contributed by atoms with van der Waals surface area (Å²) in [4.78, 5) is 53.9. The first-order valence-corrected chi connectivity index (χ1v) is 11.6. The van der Waals surface area contributed by atoms with Crippen molar-refractivity contribution in [2.45, 2.75) is 19.0 Å². The summed E-state index contributed by atoms with van der Waals surface area (Å²) in [7, 11) is 0. The molecule has 0 spiro atoms. The summed E-state index contributed by atoms with van der Waals surface area (Å²) in [5, 5.41) is 7.67. The minimum Gasteiger partial charge on any atom is -0.427 e. The number of anilines is 1. The number of carbonyl (C=O) groups is 4. The Bertz CT molecular complexity index is 1490. The average molecular weight is 479 g/mol. The van der Waals surface area contributed by atoms with Crippen LogP contribution in [-0.4, -0.2) is 46.9 Å². The number of ether oxygens (including phenoxy) is 1. The molecule has 36 heavy (non-hydrogen) atoms. The summed E-state index contributed by atoms with van der Waals surface area (Å²) in [5.74, 6) is -2.84. The highest BCUT2D eigenvalue weighted by Gasteiger charge is 2.64. The molecule has 3 heterocycles. The minimum absolute atomic E-state index is 0.314. The van der Waals surface area contributed by atoms with Crippen molar-refractivity contribution in [2.24, 2.45) is 16.9 Å². The quantitative estimate of drug-likeness (QED) is 0.246. The van der Waals surface area contributed by atoms with E-state index < -0.39 is 35.8 Å². The monoisotopic (exact) mass is 479 g/mol. The second-order valence-electron chi connectivity index (χ2n) is 9.01. The average Bonchev–Trinajstić information content (AvgIpc) is 3.36. The zero-order valence-electron chi connectivity index (χ0n) is 19.3. The number of hydrogen-bond acceptors (Lipinski definition) is 7. The number of fused-ring (bicyclic) bond motifs is 4. The molecule has 6 rings (SSSR count). The Balaban J connectivity index is 1.40. The molecular weight excluding hydrogens is 458 g/mol. The van der Waals surface area contributed by atoms with E-state index in [2.05, 4.69) is 5.10 Å². The lowest BCUT2D eigenvalue weighted by molar-refractivity contribution is -0.132. The molecular formula is C28H21N3O5. The maximum absolute atomic E-state index is 13.9. The van der Waals surface area contributed by atoms with Gasteiger partial charge in [-0.3, -0.25) is 24.2 Å². The van der Waals surface area contributed by atoms with Gasteiger partial charge in [-0.1, -0.05) is 42.5 Å². The smallest absolute Gasteiger partial charge is 0.308 e. The van der Waals surface area contributed by atoms with E-state index in [9.17, 15) is 19.2 Å². The van der Waals surface area contributed by atoms with Gasteiger partial charge in [0.1, 0.15) is 11.8 Å². The van der Waals surface area contributed by atoms with Crippen molar-refractivity contribution in [3.63, 3.8) is 0 Å². The second kappa shape index (κ2) is 8.27. The van der Waals surface area contributed by atoms with E-state index in [1.54, 1.807) is 35.5 Å². The molecule has 2 saturated heterocycles. The maximum Gasteiger partial charge on any atom is 0.308 e. The molecule has 0 unspecified atom stereocenters. The number of carbonyl (C=O) groups excluding carboxylic acids is 4. The van der Waals surface area contributed by atoms with E-state index in [4.69, 9.17) is 4.74 Å². The molecule has 178 valence electrons. The standard InChI is InChI=1S/C28H21N3O5/c1-16(32)36-19-13-11-18(12-14-19)26(33)25-24-23(22-10-5-15-29-31(22)25)27(34)30(28(24)35)21-9-4-7-17-6-2-3-8-20(17)21/h2-15,22-25H,1H3/t22-,23-,24-,25+/m1/s1. The van der Waals surface area contributed by atoms with Gasteiger partial charge in [0, 0.05) is 24.1 Å². The maximum atomic E-state index is 13.9. The van der Waals surface area contributed by atoms with Crippen molar-refractivity contribution in [1.82, 2.24) is 5.01 Å². The van der Waals surface area contributed by atoms with Crippen LogP contribution in [0.3, 0.4) is 0 Å². The third-order valence-corrected chi connectivity index (χ3v) is 6.97. The van der Waals surface area contributed by atoms with Gasteiger partial charge in [0.2, 0.25) is 11.8 Å². The number of nitrogens with zero attached hydrogens (tertiary/aromatic N) is 3. The molecule has 4 atom stereocenters. The molecule has 2 fully saturated rings. The van der Waals surface area contributed by atoms with Crippen LogP contribution in [0.5, 0.6) is 5.75 Å². The van der Waals surface area contributed by atoms with Gasteiger partial charge in [0.15, 0.2) is 5.78 Å². The molecule has 0 N–H and O–H groups in total. The summed E-state index contributed by atoms with van der Waals surface area (Å²) in [6.07, 6.45) is 5.11. The molecule has 0 saturated carbocycles. The summed E-state index contributed by atoms with van der Waals surface area (Å²) >= 11 is 0. The molecule has 2 amide bonds. The number of rotatable bonds is 4. The summed E-state index contributed by atoms with van der Waals surface area (Å²) in [6.45, 7) is 1.30. The molecule has 8 heteroatoms. The predicted molar refractivity (Wildman–Crippen MR) is 133 cm³/mol. The summed E-state index contributed by atoms with van der Waals surface area (Å²) in [5.41, 5.74) is 0.855. The Kier molecular flexibility index (Phi) is 5.03. The van der Waals surface area contributed by atoms with E-state index >= 15 is 0 Å². The number of benzene rings is 3. The zero-order valence-corrected chi connectivity index (χ0v) is 19.3. The lowest BCUT2D eigenvalue weighted by Crippen LogP contribution is -2.46. The molecule has 0 bridgehead atoms. The third kappa shape index (κ3) is 3.25. The number of esters is 1. The van der Waals surface area contributed by atoms with Crippen molar-refractivity contribution in [2.75, 3.05) is 4.90 Å². The van der Waals surface area contributed by atoms with E-state index in [-0.39, 0.29) is 11.7 Å². The Morgan fingerprint density at radius 1 is 0.889 bits per heavy atom. The van der Waals surface area contributed by atoms with Gasteiger partial charge in [0.25, 0.3) is 0 Å². The highest BCUT2D eigenvalue weighted by molar-refractivity contribution is 6.27. The van der Waals surface area contributed by atoms with Crippen LogP contribution in [-0.2, 0) is 14.4 Å². The first kappa shape index (κ1) is 21.9. The highest BCUT2D eigenvalue weighted by Crippen LogP contribution is 2.47. The van der Waals surface area contributed by atoms with Crippen molar-refractivity contribution in [3.05, 3.63) is 84.4 Å². The Hall–Kier alpha value is -4.59. The van der Waals surface area contributed by atoms with Crippen LogP contribution in [0.15, 0.2) is 84.0 Å². The van der Waals surface area contributed by atoms with E-state index in [0.717, 1.165) is 10.8 Å². The first-order valence-electron chi connectivity index (χ1n) is 11.6. The molecule has 3 aromatic carbocycles. The topological polar surface area (TPSA) is 96.3 Å². The normalized spacial score (nSPS) is 24.2. The van der Waals surface area contributed by atoms with Crippen LogP contribution >= 0.6 is 0 Å². The van der Waals surface area contributed by atoms with Crippen molar-refractivity contribution < 1.29 is 23.9 Å². The van der Waals surface area contributed by atoms with Crippen molar-refractivity contribution in [3.8, 4) is 5.75 Å². The highest BCUT2D eigenvalue weighted by atomic mass is 16.5. The lowest BCUT2D eigenvalue weighted by Gasteiger charge is -2.30. The van der Waals surface area contributed by atoms with Crippen LogP contribution in [0.25, 0.3) is 10.8 Å². The SMILES string of the molecule is CC(=O)Oc1ccc(C(=O)[C@@H]2[C@@H]3C(=O)N(c4cccc5ccccc45)C(=O)[C@@H]3[C@H]3C=CC=NN32)cc1. The van der Waals surface area contributed by atoms with Gasteiger partial charge >= 0.3 is 5.97 Å². The lowest BCUT2D eigenvalue weighted by atomic mass is 9.86. The Morgan fingerprint density at radius 2 is 1.61 bits per heavy atom. The number of allylic oxidation sites excluding steroid dienone is 1. The molecule has 0 aromatic heterocycles. The molecule has 0 aliphatic carbocycles. The van der Waals surface area contributed by atoms with Crippen molar-refractivity contribution in [1.29, 1.82) is 0 Å². The minimum atomic E-state index is -0.947. The van der Waals surface area contributed by atoms with Gasteiger partial charge < -0.3 is 4.74 Å². The van der Waals surface area contributed by atoms with Gasteiger partial charge in [-0.15, -0.1) is 0 Å². The fourth-order valence-electron chi connectivity index (χ4n) is 5.50. The fourth-order valence-corrected chi connectivity index (χ4v) is 5.50. The van der Waals surface area contributed by atoms with E-state index in [1.807, 2.05) is 42.5 Å². The number of ketones is 1. The van der Waals surface area contributed by atoms with Crippen LogP contribution in [0.2, 0.25) is 0 Å². The number of Topliss-reactive ketones (excluding diaryl/α,β-unsaturated/α-hetero) is 1. The number of hydrazone groups is 1. The molecule has 3 aliphatic rings. The zero-order chi connectivity index (χ0) is 25.0. The Labute approximate surface area is 206 Å². The Morgan fingerprint density at radius 3 is 2.39 bits per heavy atom. The van der Waals surface area contributed by atoms with Gasteiger partial charge in [-0.05, 0) is 41.8 Å². The first-order chi connectivity index (χ1) is 17.5. The van der Waals surface area contributed by atoms with Crippen LogP contribution in [0, 0.1) is 11.8 Å². The van der Waals surface area contributed by atoms with E-state index in [0.29, 0.717) is 17.0 Å². The summed E-state index contributed by atoms with van der Waals surface area (Å²) in [6, 6.07) is 17.8.